The zero-order valence-electron chi connectivity index (χ0n) is 10.3. The van der Waals surface area contributed by atoms with Crippen LogP contribution in [0.5, 0.6) is 5.75 Å². The Kier molecular flexibility index (Phi) is 3.37. The van der Waals surface area contributed by atoms with Crippen molar-refractivity contribution in [3.63, 3.8) is 0 Å². The molecule has 98 valence electrons. The highest BCUT2D eigenvalue weighted by Gasteiger charge is 2.14. The maximum absolute atomic E-state index is 13.3. The van der Waals surface area contributed by atoms with Gasteiger partial charge in [0.2, 0.25) is 0 Å². The van der Waals surface area contributed by atoms with Gasteiger partial charge in [-0.2, -0.15) is 0 Å². The summed E-state index contributed by atoms with van der Waals surface area (Å²) in [6.45, 7) is 1.71. The first-order valence-electron chi connectivity index (χ1n) is 5.64. The summed E-state index contributed by atoms with van der Waals surface area (Å²) in [6.07, 6.45) is 0. The van der Waals surface area contributed by atoms with Crippen molar-refractivity contribution in [3.05, 3.63) is 53.3 Å². The normalized spacial score (nSPS) is 10.2. The second-order valence-electron chi connectivity index (χ2n) is 4.13. The molecular formula is C14H13FN2O2. The topological polar surface area (TPSA) is 75.4 Å². The zero-order chi connectivity index (χ0) is 14.0. The van der Waals surface area contributed by atoms with Gasteiger partial charge in [0.05, 0.1) is 16.9 Å². The molecule has 0 radical (unpaired) electrons. The summed E-state index contributed by atoms with van der Waals surface area (Å²) >= 11 is 0. The van der Waals surface area contributed by atoms with Gasteiger partial charge in [-0.1, -0.05) is 18.2 Å². The van der Waals surface area contributed by atoms with E-state index in [1.54, 1.807) is 25.1 Å². The van der Waals surface area contributed by atoms with Gasteiger partial charge in [-0.25, -0.2) is 4.39 Å². The number of nitrogens with two attached hydrogens (primary N) is 1. The number of aromatic hydroxyl groups is 1. The average molecular weight is 260 g/mol. The van der Waals surface area contributed by atoms with Crippen LogP contribution in [0.2, 0.25) is 0 Å². The molecule has 0 bridgehead atoms. The van der Waals surface area contributed by atoms with Crippen molar-refractivity contribution in [2.75, 3.05) is 11.1 Å². The molecule has 2 aromatic carbocycles. The molecule has 4 N–H and O–H groups in total. The lowest BCUT2D eigenvalue weighted by Gasteiger charge is -2.10. The number of amides is 1. The number of phenols is 1. The van der Waals surface area contributed by atoms with Crippen LogP contribution >= 0.6 is 0 Å². The van der Waals surface area contributed by atoms with Crippen molar-refractivity contribution in [1.29, 1.82) is 0 Å². The molecule has 0 aliphatic rings. The number of phenolic OH excluding ortho intramolecular Hbond substituents is 1. The molecule has 0 heterocycles. The third-order valence-corrected chi connectivity index (χ3v) is 2.78. The Labute approximate surface area is 109 Å². The van der Waals surface area contributed by atoms with Gasteiger partial charge in [0, 0.05) is 0 Å². The van der Waals surface area contributed by atoms with Crippen LogP contribution in [0, 0.1) is 12.7 Å². The van der Waals surface area contributed by atoms with Crippen molar-refractivity contribution in [2.45, 2.75) is 6.92 Å². The third-order valence-electron chi connectivity index (χ3n) is 2.78. The Hall–Kier alpha value is -2.56. The van der Waals surface area contributed by atoms with E-state index in [4.69, 9.17) is 5.73 Å². The minimum Gasteiger partial charge on any atom is -0.505 e. The summed E-state index contributed by atoms with van der Waals surface area (Å²) in [5, 5.41) is 12.3. The van der Waals surface area contributed by atoms with E-state index in [2.05, 4.69) is 5.32 Å². The molecule has 5 heteroatoms. The maximum atomic E-state index is 13.3. The Morgan fingerprint density at radius 1 is 1.26 bits per heavy atom. The average Bonchev–Trinajstić information content (AvgIpc) is 2.38. The molecule has 2 rings (SSSR count). The number of nitrogens with one attached hydrogen (secondary N) is 1. The summed E-state index contributed by atoms with van der Waals surface area (Å²) in [5.74, 6) is -1.25. The molecule has 19 heavy (non-hydrogen) atoms. The molecule has 0 aliphatic carbocycles. The van der Waals surface area contributed by atoms with Gasteiger partial charge in [-0.05, 0) is 30.7 Å². The van der Waals surface area contributed by atoms with Crippen molar-refractivity contribution in [2.24, 2.45) is 0 Å². The fourth-order valence-corrected chi connectivity index (χ4v) is 1.68. The summed E-state index contributed by atoms with van der Waals surface area (Å²) in [4.78, 5) is 12.0. The number of rotatable bonds is 2. The van der Waals surface area contributed by atoms with E-state index >= 15 is 0 Å². The summed E-state index contributed by atoms with van der Waals surface area (Å²) in [6, 6.07) is 8.95. The monoisotopic (exact) mass is 260 g/mol. The first-order valence-corrected chi connectivity index (χ1v) is 5.64. The number of para-hydroxylation sites is 2. The van der Waals surface area contributed by atoms with Crippen LogP contribution in [0.15, 0.2) is 36.4 Å². The van der Waals surface area contributed by atoms with E-state index in [0.29, 0.717) is 5.56 Å². The first kappa shape index (κ1) is 12.9. The lowest BCUT2D eigenvalue weighted by Crippen LogP contribution is -2.15. The molecule has 1 amide bonds. The first-order chi connectivity index (χ1) is 9.00. The SMILES string of the molecule is Cc1cccc(NC(=O)c2cccc(F)c2N)c1O. The van der Waals surface area contributed by atoms with E-state index in [1.807, 2.05) is 0 Å². The number of aryl methyl sites for hydroxylation is 1. The Morgan fingerprint density at radius 2 is 1.95 bits per heavy atom. The van der Waals surface area contributed by atoms with Gasteiger partial charge in [0.1, 0.15) is 11.6 Å². The molecule has 0 spiro atoms. The van der Waals surface area contributed by atoms with Gasteiger partial charge in [0.25, 0.3) is 5.91 Å². The summed E-state index contributed by atoms with van der Waals surface area (Å²) in [5.41, 5.74) is 6.21. The second-order valence-corrected chi connectivity index (χ2v) is 4.13. The van der Waals surface area contributed by atoms with Crippen molar-refractivity contribution >= 4 is 17.3 Å². The predicted molar refractivity (Wildman–Crippen MR) is 71.6 cm³/mol. The summed E-state index contributed by atoms with van der Waals surface area (Å²) in [7, 11) is 0. The highest BCUT2D eigenvalue weighted by atomic mass is 19.1. The predicted octanol–water partition coefficient (Wildman–Crippen LogP) is 2.67. The highest BCUT2D eigenvalue weighted by molar-refractivity contribution is 6.08. The van der Waals surface area contributed by atoms with Crippen LogP contribution in [0.3, 0.4) is 0 Å². The van der Waals surface area contributed by atoms with Crippen LogP contribution in [0.4, 0.5) is 15.8 Å². The van der Waals surface area contributed by atoms with Gasteiger partial charge < -0.3 is 16.2 Å². The molecule has 0 fully saturated rings. The minimum atomic E-state index is -0.652. The molecule has 0 atom stereocenters. The molecule has 0 aromatic heterocycles. The van der Waals surface area contributed by atoms with Crippen LogP contribution in [0.1, 0.15) is 15.9 Å². The van der Waals surface area contributed by atoms with E-state index in [1.165, 1.54) is 18.2 Å². The van der Waals surface area contributed by atoms with Gasteiger partial charge in [0.15, 0.2) is 0 Å². The molecular weight excluding hydrogens is 247 g/mol. The van der Waals surface area contributed by atoms with E-state index in [0.717, 1.165) is 0 Å². The third kappa shape index (κ3) is 2.49. The highest BCUT2D eigenvalue weighted by Crippen LogP contribution is 2.27. The number of carbonyl (C=O) groups is 1. The van der Waals surface area contributed by atoms with Crippen LogP contribution in [-0.4, -0.2) is 11.0 Å². The standard InChI is InChI=1S/C14H13FN2O2/c1-8-4-2-7-11(13(8)18)17-14(19)9-5-3-6-10(15)12(9)16/h2-7,18H,16H2,1H3,(H,17,19). The number of benzene rings is 2. The Morgan fingerprint density at radius 3 is 2.68 bits per heavy atom. The van der Waals surface area contributed by atoms with Crippen LogP contribution in [0.25, 0.3) is 0 Å². The largest absolute Gasteiger partial charge is 0.505 e. The Balaban J connectivity index is 2.31. The van der Waals surface area contributed by atoms with Gasteiger partial charge in [-0.3, -0.25) is 4.79 Å². The number of hydrogen-bond acceptors (Lipinski definition) is 3. The number of carbonyl (C=O) groups excluding carboxylic acids is 1. The van der Waals surface area contributed by atoms with E-state index in [9.17, 15) is 14.3 Å². The molecule has 0 saturated heterocycles. The quantitative estimate of drug-likeness (QED) is 0.574. The fourth-order valence-electron chi connectivity index (χ4n) is 1.68. The van der Waals surface area contributed by atoms with Crippen LogP contribution < -0.4 is 11.1 Å². The molecule has 4 nitrogen and oxygen atoms in total. The number of halogens is 1. The fraction of sp³-hybridized carbons (Fsp3) is 0.0714. The van der Waals surface area contributed by atoms with Crippen molar-refractivity contribution in [3.8, 4) is 5.75 Å². The van der Waals surface area contributed by atoms with Gasteiger partial charge >= 0.3 is 0 Å². The lowest BCUT2D eigenvalue weighted by molar-refractivity contribution is 0.102. The molecule has 0 aliphatic heterocycles. The van der Waals surface area contributed by atoms with Gasteiger partial charge in [-0.15, -0.1) is 0 Å². The van der Waals surface area contributed by atoms with E-state index in [-0.39, 0.29) is 22.7 Å². The lowest BCUT2D eigenvalue weighted by atomic mass is 10.1. The summed E-state index contributed by atoms with van der Waals surface area (Å²) < 4.78 is 13.3. The molecule has 0 saturated carbocycles. The second kappa shape index (κ2) is 4.97. The van der Waals surface area contributed by atoms with Crippen molar-refractivity contribution in [1.82, 2.24) is 0 Å². The molecule has 0 unspecified atom stereocenters. The number of anilines is 2. The van der Waals surface area contributed by atoms with Crippen LogP contribution in [-0.2, 0) is 0 Å². The zero-order valence-corrected chi connectivity index (χ0v) is 10.3. The maximum Gasteiger partial charge on any atom is 0.257 e. The Bertz CT molecular complexity index is 641. The minimum absolute atomic E-state index is 0.0224. The van der Waals surface area contributed by atoms with E-state index < -0.39 is 11.7 Å². The smallest absolute Gasteiger partial charge is 0.257 e. The number of hydrogen-bond donors (Lipinski definition) is 3. The van der Waals surface area contributed by atoms with Crippen molar-refractivity contribution < 1.29 is 14.3 Å². The number of nitrogen functional groups attached to an aromatic ring is 1. The molecule has 2 aromatic rings.